The maximum Gasteiger partial charge on any atom is 0.259 e. The van der Waals surface area contributed by atoms with Crippen LogP contribution in [-0.2, 0) is 16.0 Å². The molecule has 2 aromatic carbocycles. The Morgan fingerprint density at radius 1 is 1.09 bits per heavy atom. The van der Waals surface area contributed by atoms with E-state index >= 15 is 4.39 Å². The summed E-state index contributed by atoms with van der Waals surface area (Å²) in [4.78, 5) is 29.7. The van der Waals surface area contributed by atoms with Gasteiger partial charge in [-0.25, -0.2) is 4.39 Å². The van der Waals surface area contributed by atoms with E-state index in [1.807, 2.05) is 31.2 Å². The van der Waals surface area contributed by atoms with Gasteiger partial charge < -0.3 is 9.80 Å². The van der Waals surface area contributed by atoms with Crippen LogP contribution in [0.4, 0.5) is 15.8 Å². The van der Waals surface area contributed by atoms with Crippen molar-refractivity contribution in [2.45, 2.75) is 52.5 Å². The summed E-state index contributed by atoms with van der Waals surface area (Å²) in [7, 11) is 3.51. The predicted molar refractivity (Wildman–Crippen MR) is 131 cm³/mol. The van der Waals surface area contributed by atoms with Crippen LogP contribution in [0.15, 0.2) is 36.4 Å². The number of halogens is 1. The molecule has 0 atom stereocenters. The van der Waals surface area contributed by atoms with Crippen molar-refractivity contribution in [1.82, 2.24) is 4.90 Å². The summed E-state index contributed by atoms with van der Waals surface area (Å²) in [5.74, 6) is -0.583. The molecule has 1 heterocycles. The Morgan fingerprint density at radius 3 is 2.31 bits per heavy atom. The number of anilines is 2. The van der Waals surface area contributed by atoms with Gasteiger partial charge in [0.15, 0.2) is 10.9 Å². The van der Waals surface area contributed by atoms with Gasteiger partial charge in [0.1, 0.15) is 5.54 Å². The van der Waals surface area contributed by atoms with E-state index in [0.717, 1.165) is 29.7 Å². The number of nitrogens with zero attached hydrogens (tertiary/aromatic N) is 3. The van der Waals surface area contributed by atoms with Crippen molar-refractivity contribution in [2.24, 2.45) is 0 Å². The Labute approximate surface area is 194 Å². The van der Waals surface area contributed by atoms with E-state index in [4.69, 9.17) is 12.2 Å². The molecule has 3 rings (SSSR count). The number of benzene rings is 2. The van der Waals surface area contributed by atoms with Crippen molar-refractivity contribution in [2.75, 3.05) is 23.9 Å². The molecule has 0 spiro atoms. The van der Waals surface area contributed by atoms with Crippen LogP contribution in [0.5, 0.6) is 0 Å². The minimum Gasteiger partial charge on any atom is -0.349 e. The first kappa shape index (κ1) is 23.9. The van der Waals surface area contributed by atoms with Crippen molar-refractivity contribution in [3.63, 3.8) is 0 Å². The molecule has 5 nitrogen and oxygen atoms in total. The average molecular weight is 456 g/mol. The number of rotatable bonds is 6. The average Bonchev–Trinajstić information content (AvgIpc) is 2.91. The summed E-state index contributed by atoms with van der Waals surface area (Å²) in [6.07, 6.45) is 2.05. The molecule has 170 valence electrons. The molecule has 0 unspecified atom stereocenters. The quantitative estimate of drug-likeness (QED) is 0.589. The summed E-state index contributed by atoms with van der Waals surface area (Å²) >= 11 is 5.67. The molecule has 1 saturated heterocycles. The van der Waals surface area contributed by atoms with Crippen LogP contribution in [0.3, 0.4) is 0 Å². The molecule has 0 N–H and O–H groups in total. The minimum atomic E-state index is -0.956. The Kier molecular flexibility index (Phi) is 6.69. The lowest BCUT2D eigenvalue weighted by Crippen LogP contribution is -2.44. The fourth-order valence-electron chi connectivity index (χ4n) is 3.86. The number of carbonyl (C=O) groups excluding carboxylic acids is 2. The van der Waals surface area contributed by atoms with Gasteiger partial charge in [-0.05, 0) is 87.6 Å². The van der Waals surface area contributed by atoms with Gasteiger partial charge in [-0.3, -0.25) is 14.5 Å². The van der Waals surface area contributed by atoms with Gasteiger partial charge in [0.25, 0.3) is 5.91 Å². The van der Waals surface area contributed by atoms with Gasteiger partial charge in [0, 0.05) is 26.2 Å². The zero-order valence-electron chi connectivity index (χ0n) is 19.5. The van der Waals surface area contributed by atoms with Crippen molar-refractivity contribution in [1.29, 1.82) is 0 Å². The Morgan fingerprint density at radius 2 is 1.72 bits per heavy atom. The molecule has 2 amide bonds. The molecule has 32 heavy (non-hydrogen) atoms. The lowest BCUT2D eigenvalue weighted by Gasteiger charge is -2.29. The lowest BCUT2D eigenvalue weighted by molar-refractivity contribution is -0.128. The Hall–Kier alpha value is -2.80. The van der Waals surface area contributed by atoms with Gasteiger partial charge in [-0.15, -0.1) is 0 Å². The van der Waals surface area contributed by atoms with Crippen molar-refractivity contribution in [3.05, 3.63) is 58.9 Å². The molecule has 0 saturated carbocycles. The highest BCUT2D eigenvalue weighted by atomic mass is 32.1. The number of carbonyl (C=O) groups is 2. The van der Waals surface area contributed by atoms with E-state index in [0.29, 0.717) is 12.0 Å². The van der Waals surface area contributed by atoms with E-state index in [2.05, 4.69) is 0 Å². The van der Waals surface area contributed by atoms with E-state index in [1.54, 1.807) is 56.8 Å². The first-order valence-corrected chi connectivity index (χ1v) is 11.1. The molecule has 0 bridgehead atoms. The molecular formula is C25H30FN3O2S. The second-order valence-corrected chi connectivity index (χ2v) is 9.33. The molecular weight excluding hydrogens is 425 g/mol. The highest BCUT2D eigenvalue weighted by Crippen LogP contribution is 2.38. The maximum atomic E-state index is 15.0. The number of thiocarbonyl (C=S) groups is 1. The SMILES string of the molecule is Cc1ccc(N2C(=O)C(C)(C)N(c3ccc(CCCC(=O)N(C)C)cc3)C2=S)c(F)c1C. The predicted octanol–water partition coefficient (Wildman–Crippen LogP) is 4.77. The molecule has 7 heteroatoms. The second-order valence-electron chi connectivity index (χ2n) is 8.97. The van der Waals surface area contributed by atoms with Crippen LogP contribution in [0.2, 0.25) is 0 Å². The maximum absolute atomic E-state index is 15.0. The van der Waals surface area contributed by atoms with Crippen LogP contribution in [0, 0.1) is 19.7 Å². The van der Waals surface area contributed by atoms with Gasteiger partial charge in [0.05, 0.1) is 5.69 Å². The van der Waals surface area contributed by atoms with Gasteiger partial charge in [-0.2, -0.15) is 0 Å². The third kappa shape index (κ3) is 4.26. The highest BCUT2D eigenvalue weighted by molar-refractivity contribution is 7.81. The van der Waals surface area contributed by atoms with E-state index in [1.165, 1.54) is 4.90 Å². The molecule has 0 radical (unpaired) electrons. The van der Waals surface area contributed by atoms with Crippen LogP contribution in [0.25, 0.3) is 0 Å². The molecule has 2 aromatic rings. The summed E-state index contributed by atoms with van der Waals surface area (Å²) < 4.78 is 15.0. The van der Waals surface area contributed by atoms with E-state index in [9.17, 15) is 9.59 Å². The number of hydrogen-bond donors (Lipinski definition) is 0. The zero-order chi connectivity index (χ0) is 23.8. The van der Waals surface area contributed by atoms with E-state index in [-0.39, 0.29) is 22.6 Å². The largest absolute Gasteiger partial charge is 0.349 e. The molecule has 1 fully saturated rings. The Bertz CT molecular complexity index is 1060. The summed E-state index contributed by atoms with van der Waals surface area (Å²) in [6.45, 7) is 7.12. The monoisotopic (exact) mass is 455 g/mol. The minimum absolute atomic E-state index is 0.114. The van der Waals surface area contributed by atoms with Crippen molar-refractivity contribution >= 4 is 40.5 Å². The van der Waals surface area contributed by atoms with Crippen LogP contribution in [0.1, 0.15) is 43.4 Å². The van der Waals surface area contributed by atoms with Gasteiger partial charge >= 0.3 is 0 Å². The van der Waals surface area contributed by atoms with Crippen LogP contribution >= 0.6 is 12.2 Å². The second kappa shape index (κ2) is 8.98. The molecule has 0 aliphatic carbocycles. The fourth-order valence-corrected chi connectivity index (χ4v) is 4.37. The third-order valence-corrected chi connectivity index (χ3v) is 6.46. The number of hydrogen-bond acceptors (Lipinski definition) is 3. The number of aryl methyl sites for hydroxylation is 2. The standard InChI is InChI=1S/C25H30FN3O2S/c1-16-10-15-20(22(26)17(16)2)28-23(31)25(3,4)29(24(28)32)19-13-11-18(12-14-19)8-7-9-21(30)27(5)6/h10-15H,7-9H2,1-6H3. The van der Waals surface area contributed by atoms with Crippen molar-refractivity contribution < 1.29 is 14.0 Å². The molecule has 1 aliphatic heterocycles. The summed E-state index contributed by atoms with van der Waals surface area (Å²) in [5, 5.41) is 0.256. The van der Waals surface area contributed by atoms with Gasteiger partial charge in [-0.1, -0.05) is 18.2 Å². The fraction of sp³-hybridized carbons (Fsp3) is 0.400. The van der Waals surface area contributed by atoms with Crippen molar-refractivity contribution in [3.8, 4) is 0 Å². The first-order chi connectivity index (χ1) is 15.0. The topological polar surface area (TPSA) is 43.9 Å². The zero-order valence-corrected chi connectivity index (χ0v) is 20.3. The normalized spacial score (nSPS) is 15.5. The first-order valence-electron chi connectivity index (χ1n) is 10.7. The smallest absolute Gasteiger partial charge is 0.259 e. The summed E-state index contributed by atoms with van der Waals surface area (Å²) in [6, 6.07) is 11.2. The molecule has 0 aromatic heterocycles. The van der Waals surface area contributed by atoms with Gasteiger partial charge in [0.2, 0.25) is 5.91 Å². The third-order valence-electron chi connectivity index (χ3n) is 6.10. The lowest BCUT2D eigenvalue weighted by atomic mass is 10.0. The van der Waals surface area contributed by atoms with E-state index < -0.39 is 11.4 Å². The van der Waals surface area contributed by atoms with Crippen LogP contribution < -0.4 is 9.80 Å². The van der Waals surface area contributed by atoms with Crippen LogP contribution in [-0.4, -0.2) is 41.5 Å². The summed E-state index contributed by atoms with van der Waals surface area (Å²) in [5.41, 5.74) is 2.43. The highest BCUT2D eigenvalue weighted by Gasteiger charge is 2.50. The number of amides is 2. The molecule has 1 aliphatic rings. The Balaban J connectivity index is 1.84.